The Bertz CT molecular complexity index is 358. The third-order valence-corrected chi connectivity index (χ3v) is 3.27. The fourth-order valence-corrected chi connectivity index (χ4v) is 2.11. The molecule has 0 saturated carbocycles. The zero-order chi connectivity index (χ0) is 10.7. The van der Waals surface area contributed by atoms with Gasteiger partial charge >= 0.3 is 0 Å². The molecular formula is C12H15N3. The van der Waals surface area contributed by atoms with Crippen LogP contribution in [0.1, 0.15) is 18.4 Å². The summed E-state index contributed by atoms with van der Waals surface area (Å²) in [5.74, 6) is 0. The second-order valence-electron chi connectivity index (χ2n) is 4.24. The van der Waals surface area contributed by atoms with Gasteiger partial charge in [-0.05, 0) is 44.6 Å². The van der Waals surface area contributed by atoms with E-state index in [4.69, 9.17) is 0 Å². The van der Waals surface area contributed by atoms with Gasteiger partial charge in [-0.2, -0.15) is 5.26 Å². The van der Waals surface area contributed by atoms with Crippen molar-refractivity contribution in [2.45, 2.75) is 18.3 Å². The highest BCUT2D eigenvalue weighted by atomic mass is 15.1. The first-order valence-electron chi connectivity index (χ1n) is 5.27. The molecule has 1 aliphatic heterocycles. The number of rotatable bonds is 1. The number of nitriles is 1. The SMILES string of the molecule is CN1CCC(C#N)(c2cccnc2)CC1. The largest absolute Gasteiger partial charge is 0.306 e. The molecule has 1 fully saturated rings. The first-order valence-corrected chi connectivity index (χ1v) is 5.27. The van der Waals surface area contributed by atoms with Crippen LogP contribution in [0.25, 0.3) is 0 Å². The monoisotopic (exact) mass is 201 g/mol. The Hall–Kier alpha value is -1.40. The van der Waals surface area contributed by atoms with Gasteiger partial charge in [-0.3, -0.25) is 4.98 Å². The molecule has 2 heterocycles. The van der Waals surface area contributed by atoms with Crippen LogP contribution in [-0.4, -0.2) is 30.0 Å². The molecule has 0 aromatic carbocycles. The molecule has 1 aliphatic rings. The maximum atomic E-state index is 9.38. The van der Waals surface area contributed by atoms with Crippen LogP contribution in [0.3, 0.4) is 0 Å². The molecule has 15 heavy (non-hydrogen) atoms. The van der Waals surface area contributed by atoms with Gasteiger partial charge in [0.2, 0.25) is 0 Å². The molecule has 0 spiro atoms. The van der Waals surface area contributed by atoms with E-state index in [1.165, 1.54) is 0 Å². The van der Waals surface area contributed by atoms with Crippen molar-refractivity contribution in [3.8, 4) is 6.07 Å². The van der Waals surface area contributed by atoms with Gasteiger partial charge in [0, 0.05) is 12.4 Å². The summed E-state index contributed by atoms with van der Waals surface area (Å²) in [5.41, 5.74) is 0.765. The van der Waals surface area contributed by atoms with Crippen molar-refractivity contribution in [3.63, 3.8) is 0 Å². The van der Waals surface area contributed by atoms with Gasteiger partial charge < -0.3 is 4.90 Å². The maximum Gasteiger partial charge on any atom is 0.0861 e. The summed E-state index contributed by atoms with van der Waals surface area (Å²) >= 11 is 0. The van der Waals surface area contributed by atoms with Crippen molar-refractivity contribution in [2.24, 2.45) is 0 Å². The Labute approximate surface area is 90.4 Å². The summed E-state index contributed by atoms with van der Waals surface area (Å²) in [5, 5.41) is 9.38. The van der Waals surface area contributed by atoms with Crippen LogP contribution in [0.4, 0.5) is 0 Å². The van der Waals surface area contributed by atoms with Gasteiger partial charge in [0.25, 0.3) is 0 Å². The average Bonchev–Trinajstić information content (AvgIpc) is 2.32. The third kappa shape index (κ3) is 1.86. The summed E-state index contributed by atoms with van der Waals surface area (Å²) in [6.07, 6.45) is 5.40. The number of likely N-dealkylation sites (tertiary alicyclic amines) is 1. The summed E-state index contributed by atoms with van der Waals surface area (Å²) in [6.45, 7) is 1.98. The van der Waals surface area contributed by atoms with Crippen molar-refractivity contribution in [1.29, 1.82) is 5.26 Å². The number of hydrogen-bond donors (Lipinski definition) is 0. The fraction of sp³-hybridized carbons (Fsp3) is 0.500. The minimum atomic E-state index is -0.305. The first kappa shape index (κ1) is 10.1. The van der Waals surface area contributed by atoms with Crippen molar-refractivity contribution in [3.05, 3.63) is 30.1 Å². The molecule has 0 atom stereocenters. The smallest absolute Gasteiger partial charge is 0.0861 e. The van der Waals surface area contributed by atoms with E-state index in [1.54, 1.807) is 6.20 Å². The molecule has 0 bridgehead atoms. The Balaban J connectivity index is 2.28. The molecule has 1 saturated heterocycles. The van der Waals surface area contributed by atoms with E-state index in [9.17, 15) is 5.26 Å². The Morgan fingerprint density at radius 2 is 2.20 bits per heavy atom. The van der Waals surface area contributed by atoms with Crippen molar-refractivity contribution in [2.75, 3.05) is 20.1 Å². The molecule has 0 aliphatic carbocycles. The van der Waals surface area contributed by atoms with E-state index in [0.29, 0.717) is 0 Å². The second-order valence-corrected chi connectivity index (χ2v) is 4.24. The lowest BCUT2D eigenvalue weighted by molar-refractivity contribution is 0.222. The lowest BCUT2D eigenvalue weighted by Crippen LogP contribution is -2.39. The predicted molar refractivity (Wildman–Crippen MR) is 58.3 cm³/mol. The second kappa shape index (κ2) is 4.00. The van der Waals surface area contributed by atoms with Gasteiger partial charge in [0.05, 0.1) is 11.5 Å². The van der Waals surface area contributed by atoms with Crippen LogP contribution in [0, 0.1) is 11.3 Å². The number of hydrogen-bond acceptors (Lipinski definition) is 3. The molecule has 78 valence electrons. The molecule has 3 nitrogen and oxygen atoms in total. The van der Waals surface area contributed by atoms with E-state index in [1.807, 2.05) is 18.3 Å². The topological polar surface area (TPSA) is 39.9 Å². The average molecular weight is 201 g/mol. The molecule has 0 unspecified atom stereocenters. The van der Waals surface area contributed by atoms with Crippen LogP contribution < -0.4 is 0 Å². The third-order valence-electron chi connectivity index (χ3n) is 3.27. The zero-order valence-corrected chi connectivity index (χ0v) is 8.98. The minimum absolute atomic E-state index is 0.305. The Morgan fingerprint density at radius 3 is 2.73 bits per heavy atom. The highest BCUT2D eigenvalue weighted by Crippen LogP contribution is 2.33. The minimum Gasteiger partial charge on any atom is -0.306 e. The maximum absolute atomic E-state index is 9.38. The molecule has 1 aromatic rings. The molecular weight excluding hydrogens is 186 g/mol. The van der Waals surface area contributed by atoms with Crippen LogP contribution in [0.15, 0.2) is 24.5 Å². The molecule has 0 N–H and O–H groups in total. The van der Waals surface area contributed by atoms with E-state index < -0.39 is 0 Å². The standard InChI is InChI=1S/C12H15N3/c1-15-7-4-12(10-13,5-8-15)11-3-2-6-14-9-11/h2-3,6,9H,4-5,7-8H2,1H3. The van der Waals surface area contributed by atoms with Crippen LogP contribution in [0.2, 0.25) is 0 Å². The number of pyridine rings is 1. The first-order chi connectivity index (χ1) is 7.27. The highest BCUT2D eigenvalue weighted by Gasteiger charge is 2.35. The van der Waals surface area contributed by atoms with E-state index in [2.05, 4.69) is 23.0 Å². The van der Waals surface area contributed by atoms with Crippen molar-refractivity contribution in [1.82, 2.24) is 9.88 Å². The van der Waals surface area contributed by atoms with Gasteiger partial charge in [-0.1, -0.05) is 6.07 Å². The lowest BCUT2D eigenvalue weighted by Gasteiger charge is -2.35. The van der Waals surface area contributed by atoms with E-state index in [0.717, 1.165) is 31.5 Å². The van der Waals surface area contributed by atoms with Crippen LogP contribution in [-0.2, 0) is 5.41 Å². The quantitative estimate of drug-likeness (QED) is 0.692. The normalized spacial score (nSPS) is 20.8. The van der Waals surface area contributed by atoms with Gasteiger partial charge in [0.15, 0.2) is 0 Å². The highest BCUT2D eigenvalue weighted by molar-refractivity contribution is 5.30. The number of nitrogens with zero attached hydrogens (tertiary/aromatic N) is 3. The van der Waals surface area contributed by atoms with Gasteiger partial charge in [-0.25, -0.2) is 0 Å². The molecule has 0 amide bonds. The summed E-state index contributed by atoms with van der Waals surface area (Å²) in [7, 11) is 2.10. The zero-order valence-electron chi connectivity index (χ0n) is 8.98. The van der Waals surface area contributed by atoms with Crippen molar-refractivity contribution >= 4 is 0 Å². The summed E-state index contributed by atoms with van der Waals surface area (Å²) in [6, 6.07) is 6.41. The van der Waals surface area contributed by atoms with E-state index in [-0.39, 0.29) is 5.41 Å². The molecule has 1 aromatic heterocycles. The van der Waals surface area contributed by atoms with Crippen LogP contribution >= 0.6 is 0 Å². The molecule has 3 heteroatoms. The van der Waals surface area contributed by atoms with Gasteiger partial charge in [0.1, 0.15) is 0 Å². The summed E-state index contributed by atoms with van der Waals surface area (Å²) < 4.78 is 0. The van der Waals surface area contributed by atoms with Crippen LogP contribution in [0.5, 0.6) is 0 Å². The Kier molecular flexibility index (Phi) is 2.70. The van der Waals surface area contributed by atoms with E-state index >= 15 is 0 Å². The fourth-order valence-electron chi connectivity index (χ4n) is 2.11. The van der Waals surface area contributed by atoms with Crippen molar-refractivity contribution < 1.29 is 0 Å². The summed E-state index contributed by atoms with van der Waals surface area (Å²) in [4.78, 5) is 6.38. The lowest BCUT2D eigenvalue weighted by atomic mass is 9.75. The Morgan fingerprint density at radius 1 is 1.47 bits per heavy atom. The number of piperidine rings is 1. The number of aromatic nitrogens is 1. The molecule has 2 rings (SSSR count). The molecule has 0 radical (unpaired) electrons. The van der Waals surface area contributed by atoms with Gasteiger partial charge in [-0.15, -0.1) is 0 Å². The predicted octanol–water partition coefficient (Wildman–Crippen LogP) is 1.57.